The van der Waals surface area contributed by atoms with Crippen molar-refractivity contribution in [2.75, 3.05) is 32.8 Å². The number of esters is 1. The van der Waals surface area contributed by atoms with E-state index in [9.17, 15) is 14.4 Å². The van der Waals surface area contributed by atoms with Crippen LogP contribution in [0.1, 0.15) is 20.3 Å². The third kappa shape index (κ3) is 3.72. The molecule has 1 heterocycles. The highest BCUT2D eigenvalue weighted by atomic mass is 16.5. The molecular weight excluding hydrogens is 224 g/mol. The zero-order valence-corrected chi connectivity index (χ0v) is 10.3. The Morgan fingerprint density at radius 3 is 2.24 bits per heavy atom. The summed E-state index contributed by atoms with van der Waals surface area (Å²) in [6.45, 7) is 5.33. The Morgan fingerprint density at radius 1 is 1.06 bits per heavy atom. The Balaban J connectivity index is 2.53. The zero-order chi connectivity index (χ0) is 12.8. The second kappa shape index (κ2) is 6.22. The summed E-state index contributed by atoms with van der Waals surface area (Å²) in [4.78, 5) is 37.3. The molecule has 1 fully saturated rings. The van der Waals surface area contributed by atoms with Crippen LogP contribution in [0.2, 0.25) is 0 Å². The second-order valence-corrected chi connectivity index (χ2v) is 3.87. The van der Waals surface area contributed by atoms with E-state index in [1.54, 1.807) is 11.8 Å². The summed E-state index contributed by atoms with van der Waals surface area (Å²) in [7, 11) is 0. The Hall–Kier alpha value is -1.59. The maximum Gasteiger partial charge on any atom is 0.397 e. The molecule has 2 amide bonds. The van der Waals surface area contributed by atoms with Crippen LogP contribution in [0.25, 0.3) is 0 Å². The minimum atomic E-state index is -0.816. The highest BCUT2D eigenvalue weighted by Crippen LogP contribution is 2.04. The topological polar surface area (TPSA) is 66.9 Å². The summed E-state index contributed by atoms with van der Waals surface area (Å²) < 4.78 is 4.66. The van der Waals surface area contributed by atoms with Crippen LogP contribution < -0.4 is 0 Å². The molecule has 0 N–H and O–H groups in total. The molecule has 0 aromatic heterocycles. The maximum absolute atomic E-state index is 11.7. The van der Waals surface area contributed by atoms with E-state index in [-0.39, 0.29) is 12.5 Å². The highest BCUT2D eigenvalue weighted by molar-refractivity contribution is 6.32. The van der Waals surface area contributed by atoms with Crippen LogP contribution in [-0.4, -0.2) is 60.4 Å². The van der Waals surface area contributed by atoms with Crippen molar-refractivity contribution < 1.29 is 19.1 Å². The van der Waals surface area contributed by atoms with Crippen molar-refractivity contribution in [2.45, 2.75) is 20.3 Å². The number of hydrogen-bond acceptors (Lipinski definition) is 4. The number of ether oxygens (including phenoxy) is 1. The number of rotatable bonds is 1. The molecular formula is C11H18N2O4. The van der Waals surface area contributed by atoms with Gasteiger partial charge >= 0.3 is 11.9 Å². The van der Waals surface area contributed by atoms with Crippen LogP contribution in [0, 0.1) is 0 Å². The summed E-state index contributed by atoms with van der Waals surface area (Å²) in [5.74, 6) is -1.43. The Labute approximate surface area is 101 Å². The van der Waals surface area contributed by atoms with E-state index in [0.29, 0.717) is 32.6 Å². The number of carbonyl (C=O) groups excluding carboxylic acids is 3. The molecule has 1 aliphatic heterocycles. The van der Waals surface area contributed by atoms with Gasteiger partial charge in [-0.15, -0.1) is 0 Å². The molecule has 0 aromatic carbocycles. The fourth-order valence-electron chi connectivity index (χ4n) is 1.76. The van der Waals surface area contributed by atoms with E-state index in [1.165, 1.54) is 11.8 Å². The fraction of sp³-hybridized carbons (Fsp3) is 0.727. The number of amides is 2. The molecule has 0 atom stereocenters. The van der Waals surface area contributed by atoms with Gasteiger partial charge in [0.25, 0.3) is 0 Å². The first-order valence-electron chi connectivity index (χ1n) is 5.77. The molecule has 17 heavy (non-hydrogen) atoms. The lowest BCUT2D eigenvalue weighted by Gasteiger charge is -2.20. The quantitative estimate of drug-likeness (QED) is 0.465. The Kier molecular flexibility index (Phi) is 4.93. The van der Waals surface area contributed by atoms with Gasteiger partial charge in [-0.05, 0) is 13.3 Å². The van der Waals surface area contributed by atoms with Crippen molar-refractivity contribution in [3.8, 4) is 0 Å². The van der Waals surface area contributed by atoms with E-state index in [0.717, 1.165) is 0 Å². The van der Waals surface area contributed by atoms with Gasteiger partial charge in [-0.3, -0.25) is 9.59 Å². The monoisotopic (exact) mass is 242 g/mol. The van der Waals surface area contributed by atoms with Crippen LogP contribution in [0.3, 0.4) is 0 Å². The lowest BCUT2D eigenvalue weighted by Crippen LogP contribution is -2.40. The minimum absolute atomic E-state index is 0.00423. The van der Waals surface area contributed by atoms with E-state index in [4.69, 9.17) is 0 Å². The van der Waals surface area contributed by atoms with Crippen LogP contribution in [0.5, 0.6) is 0 Å². The third-order valence-corrected chi connectivity index (χ3v) is 2.68. The first-order valence-corrected chi connectivity index (χ1v) is 5.77. The van der Waals surface area contributed by atoms with Gasteiger partial charge < -0.3 is 14.5 Å². The molecule has 1 aliphatic rings. The Bertz CT molecular complexity index is 317. The summed E-state index contributed by atoms with van der Waals surface area (Å²) in [6.07, 6.45) is 0.685. The first kappa shape index (κ1) is 13.5. The SMILES string of the molecule is CCOC(=O)C(=O)N1CCCN(C(C)=O)CC1. The molecule has 6 nitrogen and oxygen atoms in total. The largest absolute Gasteiger partial charge is 0.459 e. The Morgan fingerprint density at radius 2 is 1.65 bits per heavy atom. The van der Waals surface area contributed by atoms with Crippen LogP contribution in [0.15, 0.2) is 0 Å². The molecule has 1 rings (SSSR count). The number of hydrogen-bond donors (Lipinski definition) is 0. The summed E-state index contributed by atoms with van der Waals surface area (Å²) in [6, 6.07) is 0. The molecule has 96 valence electrons. The van der Waals surface area contributed by atoms with Crippen molar-refractivity contribution in [1.82, 2.24) is 9.80 Å². The molecule has 0 aliphatic carbocycles. The maximum atomic E-state index is 11.7. The smallest absolute Gasteiger partial charge is 0.397 e. The predicted octanol–water partition coefficient (Wildman–Crippen LogP) is -0.370. The summed E-state index contributed by atoms with van der Waals surface area (Å²) >= 11 is 0. The van der Waals surface area contributed by atoms with Gasteiger partial charge in [0.2, 0.25) is 5.91 Å². The zero-order valence-electron chi connectivity index (χ0n) is 10.3. The van der Waals surface area contributed by atoms with Crippen molar-refractivity contribution in [1.29, 1.82) is 0 Å². The second-order valence-electron chi connectivity index (χ2n) is 3.87. The van der Waals surface area contributed by atoms with Crippen LogP contribution in [0.4, 0.5) is 0 Å². The van der Waals surface area contributed by atoms with E-state index in [1.807, 2.05) is 0 Å². The van der Waals surface area contributed by atoms with Gasteiger partial charge in [0.15, 0.2) is 0 Å². The van der Waals surface area contributed by atoms with Gasteiger partial charge in [-0.2, -0.15) is 0 Å². The predicted molar refractivity (Wildman–Crippen MR) is 60.1 cm³/mol. The normalized spacial score (nSPS) is 16.4. The lowest BCUT2D eigenvalue weighted by molar-refractivity contribution is -0.159. The van der Waals surface area contributed by atoms with Gasteiger partial charge in [-0.1, -0.05) is 0 Å². The molecule has 0 aromatic rings. The van der Waals surface area contributed by atoms with E-state index < -0.39 is 11.9 Å². The van der Waals surface area contributed by atoms with Crippen molar-refractivity contribution in [3.63, 3.8) is 0 Å². The molecule has 0 spiro atoms. The minimum Gasteiger partial charge on any atom is -0.459 e. The standard InChI is InChI=1S/C11H18N2O4/c1-3-17-11(16)10(15)13-6-4-5-12(7-8-13)9(2)14/h3-8H2,1-2H3. The number of carbonyl (C=O) groups is 3. The average molecular weight is 242 g/mol. The molecule has 1 saturated heterocycles. The molecule has 0 radical (unpaired) electrons. The number of nitrogens with zero attached hydrogens (tertiary/aromatic N) is 2. The summed E-state index contributed by atoms with van der Waals surface area (Å²) in [5.41, 5.74) is 0. The van der Waals surface area contributed by atoms with Crippen molar-refractivity contribution >= 4 is 17.8 Å². The third-order valence-electron chi connectivity index (χ3n) is 2.68. The fourth-order valence-corrected chi connectivity index (χ4v) is 1.76. The molecule has 0 bridgehead atoms. The molecule has 0 unspecified atom stereocenters. The highest BCUT2D eigenvalue weighted by Gasteiger charge is 2.25. The lowest BCUT2D eigenvalue weighted by atomic mass is 10.3. The van der Waals surface area contributed by atoms with Gasteiger partial charge in [-0.25, -0.2) is 4.79 Å². The van der Waals surface area contributed by atoms with Crippen LogP contribution in [-0.2, 0) is 19.1 Å². The van der Waals surface area contributed by atoms with Gasteiger partial charge in [0, 0.05) is 33.1 Å². The van der Waals surface area contributed by atoms with E-state index >= 15 is 0 Å². The van der Waals surface area contributed by atoms with E-state index in [2.05, 4.69) is 4.74 Å². The van der Waals surface area contributed by atoms with Crippen molar-refractivity contribution in [2.24, 2.45) is 0 Å². The first-order chi connectivity index (χ1) is 8.06. The molecule has 0 saturated carbocycles. The molecule has 6 heteroatoms. The van der Waals surface area contributed by atoms with Crippen molar-refractivity contribution in [3.05, 3.63) is 0 Å². The average Bonchev–Trinajstić information content (AvgIpc) is 2.53. The van der Waals surface area contributed by atoms with Gasteiger partial charge in [0.1, 0.15) is 0 Å². The summed E-state index contributed by atoms with van der Waals surface area (Å²) in [5, 5.41) is 0. The van der Waals surface area contributed by atoms with Crippen LogP contribution >= 0.6 is 0 Å². The van der Waals surface area contributed by atoms with Gasteiger partial charge in [0.05, 0.1) is 6.61 Å².